The maximum Gasteiger partial charge on any atom is 0.341 e. The number of hydrogen-bond acceptors (Lipinski definition) is 4. The van der Waals surface area contributed by atoms with Crippen molar-refractivity contribution in [2.45, 2.75) is 6.42 Å². The predicted molar refractivity (Wildman–Crippen MR) is 104 cm³/mol. The van der Waals surface area contributed by atoms with Crippen molar-refractivity contribution >= 4 is 11.8 Å². The van der Waals surface area contributed by atoms with E-state index in [9.17, 15) is 9.59 Å². The fourth-order valence-corrected chi connectivity index (χ4v) is 2.88. The lowest BCUT2D eigenvalue weighted by molar-refractivity contribution is 0.0597. The molecule has 3 aromatic rings. The van der Waals surface area contributed by atoms with E-state index in [1.165, 1.54) is 20.3 Å². The van der Waals surface area contributed by atoms with E-state index in [1.54, 1.807) is 12.1 Å². The minimum absolute atomic E-state index is 0.0738. The molecule has 136 valence electrons. The molecule has 0 spiro atoms. The third-order valence-corrected chi connectivity index (χ3v) is 4.35. The first-order chi connectivity index (χ1) is 13.1. The number of benzene rings is 3. The molecule has 0 amide bonds. The van der Waals surface area contributed by atoms with Gasteiger partial charge in [-0.15, -0.1) is 0 Å². The molecule has 3 aromatic carbocycles. The molecule has 0 aromatic heterocycles. The highest BCUT2D eigenvalue weighted by Gasteiger charge is 2.16. The first-order valence-electron chi connectivity index (χ1n) is 8.56. The molecule has 0 atom stereocenters. The summed E-state index contributed by atoms with van der Waals surface area (Å²) in [5.41, 5.74) is 3.83. The highest BCUT2D eigenvalue weighted by Crippen LogP contribution is 2.23. The second-order valence-electron chi connectivity index (χ2n) is 6.07. The Hall–Kier alpha value is -3.40. The number of methoxy groups -OCH3 is 2. The normalized spacial score (nSPS) is 10.3. The second-order valence-corrected chi connectivity index (χ2v) is 6.07. The van der Waals surface area contributed by atoms with Gasteiger partial charge >= 0.3 is 5.97 Å². The van der Waals surface area contributed by atoms with Crippen LogP contribution in [0, 0.1) is 0 Å². The zero-order valence-electron chi connectivity index (χ0n) is 15.3. The number of ether oxygens (including phenoxy) is 2. The molecule has 0 bridgehead atoms. The first-order valence-corrected chi connectivity index (χ1v) is 8.56. The Morgan fingerprint density at radius 3 is 2.11 bits per heavy atom. The monoisotopic (exact) mass is 360 g/mol. The average Bonchev–Trinajstić information content (AvgIpc) is 2.73. The molecule has 0 unspecified atom stereocenters. The molecule has 0 saturated carbocycles. The maximum absolute atomic E-state index is 12.6. The summed E-state index contributed by atoms with van der Waals surface area (Å²) in [5.74, 6) is -0.227. The Kier molecular flexibility index (Phi) is 5.67. The van der Waals surface area contributed by atoms with Crippen molar-refractivity contribution in [1.29, 1.82) is 0 Å². The number of esters is 1. The number of hydrogen-bond donors (Lipinski definition) is 0. The predicted octanol–water partition coefficient (Wildman–Crippen LogP) is 4.57. The Balaban J connectivity index is 1.78. The van der Waals surface area contributed by atoms with Crippen molar-refractivity contribution in [3.63, 3.8) is 0 Å². The molecule has 0 aliphatic heterocycles. The molecule has 0 N–H and O–H groups in total. The molecule has 4 nitrogen and oxygen atoms in total. The van der Waals surface area contributed by atoms with E-state index in [0.29, 0.717) is 11.3 Å². The van der Waals surface area contributed by atoms with Crippen molar-refractivity contribution < 1.29 is 19.1 Å². The Bertz CT molecular complexity index is 944. The van der Waals surface area contributed by atoms with Crippen LogP contribution in [0.4, 0.5) is 0 Å². The van der Waals surface area contributed by atoms with Crippen molar-refractivity contribution in [2.24, 2.45) is 0 Å². The van der Waals surface area contributed by atoms with Gasteiger partial charge in [-0.05, 0) is 34.9 Å². The smallest absolute Gasteiger partial charge is 0.341 e. The van der Waals surface area contributed by atoms with Gasteiger partial charge < -0.3 is 9.47 Å². The summed E-state index contributed by atoms with van der Waals surface area (Å²) in [6.45, 7) is 0. The lowest BCUT2D eigenvalue weighted by atomic mass is 9.98. The van der Waals surface area contributed by atoms with Crippen LogP contribution < -0.4 is 4.74 Å². The second kappa shape index (κ2) is 8.32. The third kappa shape index (κ3) is 4.23. The van der Waals surface area contributed by atoms with Gasteiger partial charge in [0.25, 0.3) is 0 Å². The van der Waals surface area contributed by atoms with E-state index in [4.69, 9.17) is 9.47 Å². The Labute approximate surface area is 158 Å². The van der Waals surface area contributed by atoms with Crippen LogP contribution >= 0.6 is 0 Å². The topological polar surface area (TPSA) is 52.6 Å². The highest BCUT2D eigenvalue weighted by molar-refractivity contribution is 6.01. The van der Waals surface area contributed by atoms with E-state index < -0.39 is 5.97 Å². The van der Waals surface area contributed by atoms with Crippen LogP contribution in [0.15, 0.2) is 72.8 Å². The summed E-state index contributed by atoms with van der Waals surface area (Å²) in [6, 6.07) is 22.8. The van der Waals surface area contributed by atoms with E-state index in [0.717, 1.165) is 16.7 Å². The molecule has 27 heavy (non-hydrogen) atoms. The van der Waals surface area contributed by atoms with E-state index in [1.807, 2.05) is 54.6 Å². The van der Waals surface area contributed by atoms with E-state index in [-0.39, 0.29) is 17.8 Å². The van der Waals surface area contributed by atoms with Gasteiger partial charge in [-0.2, -0.15) is 0 Å². The molecule has 3 rings (SSSR count). The van der Waals surface area contributed by atoms with Gasteiger partial charge in [-0.3, -0.25) is 4.79 Å². The summed E-state index contributed by atoms with van der Waals surface area (Å²) in [5, 5.41) is 0. The summed E-state index contributed by atoms with van der Waals surface area (Å²) in [6.07, 6.45) is 0.252. The van der Waals surface area contributed by atoms with Crippen LogP contribution in [0.2, 0.25) is 0 Å². The van der Waals surface area contributed by atoms with Crippen LogP contribution in [-0.4, -0.2) is 26.0 Å². The fourth-order valence-electron chi connectivity index (χ4n) is 2.88. The zero-order valence-corrected chi connectivity index (χ0v) is 15.3. The van der Waals surface area contributed by atoms with Crippen LogP contribution in [0.3, 0.4) is 0 Å². The van der Waals surface area contributed by atoms with Crippen LogP contribution in [0.25, 0.3) is 11.1 Å². The number of carbonyl (C=O) groups excluding carboxylic acids is 2. The van der Waals surface area contributed by atoms with Crippen molar-refractivity contribution in [3.8, 4) is 16.9 Å². The average molecular weight is 360 g/mol. The summed E-state index contributed by atoms with van der Waals surface area (Å²) < 4.78 is 9.92. The van der Waals surface area contributed by atoms with Gasteiger partial charge in [0.1, 0.15) is 11.3 Å². The van der Waals surface area contributed by atoms with Gasteiger partial charge in [0.05, 0.1) is 14.2 Å². The van der Waals surface area contributed by atoms with E-state index in [2.05, 4.69) is 0 Å². The third-order valence-electron chi connectivity index (χ3n) is 4.35. The number of rotatable bonds is 6. The highest BCUT2D eigenvalue weighted by atomic mass is 16.5. The Morgan fingerprint density at radius 1 is 0.815 bits per heavy atom. The molecule has 4 heteroatoms. The van der Waals surface area contributed by atoms with Crippen LogP contribution in [-0.2, 0) is 11.2 Å². The van der Waals surface area contributed by atoms with Gasteiger partial charge in [0.15, 0.2) is 5.78 Å². The molecule has 0 heterocycles. The zero-order chi connectivity index (χ0) is 19.2. The first kappa shape index (κ1) is 18.4. The minimum atomic E-state index is -0.534. The van der Waals surface area contributed by atoms with Crippen LogP contribution in [0.1, 0.15) is 26.3 Å². The SMILES string of the molecule is COC(=O)c1cc(C(=O)Cc2ccc(-c3ccccc3)cc2)ccc1OC. The molecule has 0 radical (unpaired) electrons. The molecule has 0 aliphatic rings. The summed E-state index contributed by atoms with van der Waals surface area (Å²) in [4.78, 5) is 24.5. The van der Waals surface area contributed by atoms with E-state index >= 15 is 0 Å². The number of carbonyl (C=O) groups is 2. The lowest BCUT2D eigenvalue weighted by Crippen LogP contribution is -2.09. The number of Topliss-reactive ketones (excluding diaryl/α,β-unsaturated/α-hetero) is 1. The quantitative estimate of drug-likeness (QED) is 0.477. The Morgan fingerprint density at radius 2 is 1.48 bits per heavy atom. The van der Waals surface area contributed by atoms with Crippen molar-refractivity contribution in [1.82, 2.24) is 0 Å². The largest absolute Gasteiger partial charge is 0.496 e. The lowest BCUT2D eigenvalue weighted by Gasteiger charge is -2.09. The van der Waals surface area contributed by atoms with Gasteiger partial charge in [0, 0.05) is 12.0 Å². The molecule has 0 fully saturated rings. The molecular formula is C23H20O4. The standard InChI is InChI=1S/C23H20O4/c1-26-22-13-12-19(15-20(22)23(25)27-2)21(24)14-16-8-10-18(11-9-16)17-6-4-3-5-7-17/h3-13,15H,14H2,1-2H3. The molecule has 0 aliphatic carbocycles. The van der Waals surface area contributed by atoms with Gasteiger partial charge in [-0.1, -0.05) is 54.6 Å². The molecular weight excluding hydrogens is 340 g/mol. The van der Waals surface area contributed by atoms with Gasteiger partial charge in [0.2, 0.25) is 0 Å². The maximum atomic E-state index is 12.6. The summed E-state index contributed by atoms with van der Waals surface area (Å²) in [7, 11) is 2.77. The van der Waals surface area contributed by atoms with Crippen molar-refractivity contribution in [2.75, 3.05) is 14.2 Å². The molecule has 0 saturated heterocycles. The fraction of sp³-hybridized carbons (Fsp3) is 0.130. The van der Waals surface area contributed by atoms with Gasteiger partial charge in [-0.25, -0.2) is 4.79 Å². The summed E-state index contributed by atoms with van der Waals surface area (Å²) >= 11 is 0. The minimum Gasteiger partial charge on any atom is -0.496 e. The van der Waals surface area contributed by atoms with Crippen LogP contribution in [0.5, 0.6) is 5.75 Å². The van der Waals surface area contributed by atoms with Crippen molar-refractivity contribution in [3.05, 3.63) is 89.5 Å². The number of ketones is 1.